The van der Waals surface area contributed by atoms with Gasteiger partial charge in [0.15, 0.2) is 0 Å². The first-order valence-electron chi connectivity index (χ1n) is 5.56. The fraction of sp³-hybridized carbons (Fsp3) is 0.143. The Hall–Kier alpha value is -1.29. The van der Waals surface area contributed by atoms with Crippen molar-refractivity contribution in [3.05, 3.63) is 56.9 Å². The van der Waals surface area contributed by atoms with Crippen LogP contribution in [0.1, 0.15) is 22.3 Å². The van der Waals surface area contributed by atoms with Crippen LogP contribution in [0.3, 0.4) is 0 Å². The van der Waals surface area contributed by atoms with E-state index in [1.54, 1.807) is 6.07 Å². The molecule has 1 N–H and O–H groups in total. The number of thiophene rings is 1. The molecule has 0 aliphatic carbocycles. The molecule has 0 fully saturated rings. The summed E-state index contributed by atoms with van der Waals surface area (Å²) in [6.07, 6.45) is -0.801. The average Bonchev–Trinajstić information content (AvgIpc) is 2.93. The molecule has 0 radical (unpaired) electrons. The van der Waals surface area contributed by atoms with Gasteiger partial charge in [0.2, 0.25) is 0 Å². The van der Waals surface area contributed by atoms with Crippen LogP contribution in [0, 0.1) is 6.92 Å². The number of benzene rings is 1. The minimum atomic E-state index is -0.801. The van der Waals surface area contributed by atoms with E-state index < -0.39 is 6.10 Å². The van der Waals surface area contributed by atoms with Crippen molar-refractivity contribution >= 4 is 33.9 Å². The number of aliphatic hydroxyl groups excluding tert-OH is 1. The van der Waals surface area contributed by atoms with Gasteiger partial charge in [0.05, 0.1) is 9.90 Å². The van der Waals surface area contributed by atoms with Crippen LogP contribution in [0.2, 0.25) is 5.02 Å². The molecule has 2 aromatic heterocycles. The zero-order chi connectivity index (χ0) is 12.7. The van der Waals surface area contributed by atoms with Crippen molar-refractivity contribution in [3.8, 4) is 0 Å². The number of halogens is 1. The smallest absolute Gasteiger partial charge is 0.147 e. The molecule has 0 bridgehead atoms. The molecule has 2 heterocycles. The summed E-state index contributed by atoms with van der Waals surface area (Å²) in [7, 11) is 0. The maximum atomic E-state index is 10.3. The van der Waals surface area contributed by atoms with Gasteiger partial charge in [-0.2, -0.15) is 0 Å². The normalized spacial score (nSPS) is 13.1. The van der Waals surface area contributed by atoms with E-state index >= 15 is 0 Å². The highest BCUT2D eigenvalue weighted by atomic mass is 35.5. The maximum absolute atomic E-state index is 10.3. The van der Waals surface area contributed by atoms with E-state index in [-0.39, 0.29) is 0 Å². The Kier molecular flexibility index (Phi) is 2.90. The molecule has 0 saturated carbocycles. The van der Waals surface area contributed by atoms with Gasteiger partial charge in [-0.05, 0) is 36.6 Å². The van der Waals surface area contributed by atoms with E-state index in [1.165, 1.54) is 16.9 Å². The van der Waals surface area contributed by atoms with Crippen molar-refractivity contribution in [2.24, 2.45) is 0 Å². The first-order valence-corrected chi connectivity index (χ1v) is 6.82. The van der Waals surface area contributed by atoms with Crippen LogP contribution in [-0.2, 0) is 0 Å². The largest absolute Gasteiger partial charge is 0.458 e. The topological polar surface area (TPSA) is 33.4 Å². The van der Waals surface area contributed by atoms with Gasteiger partial charge in [0.1, 0.15) is 17.4 Å². The van der Waals surface area contributed by atoms with Gasteiger partial charge in [-0.3, -0.25) is 0 Å². The summed E-state index contributed by atoms with van der Waals surface area (Å²) >= 11 is 7.44. The van der Waals surface area contributed by atoms with Crippen LogP contribution in [0.15, 0.2) is 40.1 Å². The van der Waals surface area contributed by atoms with E-state index in [2.05, 4.69) is 0 Å². The Balaban J connectivity index is 2.07. The monoisotopic (exact) mass is 278 g/mol. The zero-order valence-electron chi connectivity index (χ0n) is 9.68. The Bertz CT molecular complexity index is 699. The Morgan fingerprint density at radius 1 is 1.28 bits per heavy atom. The molecule has 0 spiro atoms. The molecule has 18 heavy (non-hydrogen) atoms. The lowest BCUT2D eigenvalue weighted by molar-refractivity contribution is 0.196. The van der Waals surface area contributed by atoms with Crippen LogP contribution >= 0.6 is 22.9 Å². The van der Waals surface area contributed by atoms with E-state index in [0.717, 1.165) is 11.0 Å². The molecule has 1 aromatic carbocycles. The second kappa shape index (κ2) is 4.43. The van der Waals surface area contributed by atoms with Crippen LogP contribution in [0.4, 0.5) is 0 Å². The lowest BCUT2D eigenvalue weighted by Crippen LogP contribution is -1.95. The fourth-order valence-electron chi connectivity index (χ4n) is 1.95. The Labute approximate surface area is 113 Å². The molecule has 1 atom stereocenters. The third kappa shape index (κ3) is 1.94. The first-order chi connectivity index (χ1) is 8.65. The van der Waals surface area contributed by atoms with E-state index in [9.17, 15) is 5.11 Å². The van der Waals surface area contributed by atoms with Gasteiger partial charge in [0.25, 0.3) is 0 Å². The maximum Gasteiger partial charge on any atom is 0.147 e. The molecule has 3 rings (SSSR count). The second-order valence-corrected chi connectivity index (χ2v) is 5.58. The van der Waals surface area contributed by atoms with Crippen molar-refractivity contribution in [1.29, 1.82) is 0 Å². The molecule has 3 aromatic rings. The highest BCUT2D eigenvalue weighted by Crippen LogP contribution is 2.35. The summed E-state index contributed by atoms with van der Waals surface area (Å²) in [4.78, 5) is 0.715. The number of fused-ring (bicyclic) bond motifs is 1. The standard InChI is InChI=1S/C14H11ClO2S/c1-8-2-3-11-9(6-8)7-12(17-11)13(16)14-10(15)4-5-18-14/h2-7,13,16H,1H3. The molecule has 4 heteroatoms. The van der Waals surface area contributed by atoms with Crippen LogP contribution in [0.5, 0.6) is 0 Å². The minimum absolute atomic E-state index is 0.528. The summed E-state index contributed by atoms with van der Waals surface area (Å²) in [5, 5.41) is 13.7. The van der Waals surface area contributed by atoms with Gasteiger partial charge < -0.3 is 9.52 Å². The van der Waals surface area contributed by atoms with Gasteiger partial charge in [-0.15, -0.1) is 11.3 Å². The summed E-state index contributed by atoms with van der Waals surface area (Å²) in [5.74, 6) is 0.528. The van der Waals surface area contributed by atoms with Crippen molar-refractivity contribution in [1.82, 2.24) is 0 Å². The third-order valence-corrected chi connectivity index (χ3v) is 4.26. The summed E-state index contributed by atoms with van der Waals surface area (Å²) in [6.45, 7) is 2.03. The average molecular weight is 279 g/mol. The molecular formula is C14H11ClO2S. The minimum Gasteiger partial charge on any atom is -0.458 e. The highest BCUT2D eigenvalue weighted by molar-refractivity contribution is 7.10. The van der Waals surface area contributed by atoms with E-state index in [0.29, 0.717) is 15.7 Å². The molecule has 0 saturated heterocycles. The van der Waals surface area contributed by atoms with E-state index in [4.69, 9.17) is 16.0 Å². The van der Waals surface area contributed by atoms with Crippen molar-refractivity contribution < 1.29 is 9.52 Å². The first kappa shape index (κ1) is 11.8. The number of furan rings is 1. The van der Waals surface area contributed by atoms with Crippen LogP contribution < -0.4 is 0 Å². The molecule has 2 nitrogen and oxygen atoms in total. The summed E-state index contributed by atoms with van der Waals surface area (Å²) in [6, 6.07) is 9.57. The number of hydrogen-bond acceptors (Lipinski definition) is 3. The Morgan fingerprint density at radius 3 is 2.83 bits per heavy atom. The summed E-state index contributed by atoms with van der Waals surface area (Å²) < 4.78 is 5.66. The fourth-order valence-corrected chi connectivity index (χ4v) is 3.10. The van der Waals surface area contributed by atoms with Crippen LogP contribution in [0.25, 0.3) is 11.0 Å². The van der Waals surface area contributed by atoms with Gasteiger partial charge in [-0.1, -0.05) is 23.2 Å². The summed E-state index contributed by atoms with van der Waals surface area (Å²) in [5.41, 5.74) is 1.95. The van der Waals surface area contributed by atoms with Gasteiger partial charge >= 0.3 is 0 Å². The lowest BCUT2D eigenvalue weighted by Gasteiger charge is -2.04. The number of hydrogen-bond donors (Lipinski definition) is 1. The molecule has 0 amide bonds. The molecular weight excluding hydrogens is 268 g/mol. The molecule has 1 unspecified atom stereocenters. The van der Waals surface area contributed by atoms with E-state index in [1.807, 2.05) is 36.6 Å². The van der Waals surface area contributed by atoms with Crippen molar-refractivity contribution in [3.63, 3.8) is 0 Å². The third-order valence-electron chi connectivity index (χ3n) is 2.85. The Morgan fingerprint density at radius 2 is 2.11 bits per heavy atom. The van der Waals surface area contributed by atoms with Crippen LogP contribution in [-0.4, -0.2) is 5.11 Å². The molecule has 0 aliphatic rings. The predicted octanol–water partition coefficient (Wildman–Crippen LogP) is 4.54. The van der Waals surface area contributed by atoms with Crippen molar-refractivity contribution in [2.45, 2.75) is 13.0 Å². The number of aliphatic hydroxyl groups is 1. The zero-order valence-corrected chi connectivity index (χ0v) is 11.3. The predicted molar refractivity (Wildman–Crippen MR) is 74.3 cm³/mol. The highest BCUT2D eigenvalue weighted by Gasteiger charge is 2.19. The number of aryl methyl sites for hydroxylation is 1. The van der Waals surface area contributed by atoms with Gasteiger partial charge in [-0.25, -0.2) is 0 Å². The molecule has 0 aliphatic heterocycles. The molecule has 92 valence electrons. The lowest BCUT2D eigenvalue weighted by atomic mass is 10.1. The van der Waals surface area contributed by atoms with Crippen molar-refractivity contribution in [2.75, 3.05) is 0 Å². The van der Waals surface area contributed by atoms with Gasteiger partial charge in [0, 0.05) is 5.39 Å². The second-order valence-electron chi connectivity index (χ2n) is 4.23. The number of rotatable bonds is 2. The quantitative estimate of drug-likeness (QED) is 0.747. The SMILES string of the molecule is Cc1ccc2oc(C(O)c3sccc3Cl)cc2c1.